The van der Waals surface area contributed by atoms with E-state index in [2.05, 4.69) is 0 Å². The molecule has 2 fully saturated rings. The average Bonchev–Trinajstić information content (AvgIpc) is 2.89. The van der Waals surface area contributed by atoms with Gasteiger partial charge in [0.05, 0.1) is 12.0 Å². The second-order valence-electron chi connectivity index (χ2n) is 5.50. The maximum atomic E-state index is 11.9. The number of imide groups is 1. The maximum Gasteiger partial charge on any atom is 0.235 e. The van der Waals surface area contributed by atoms with Crippen molar-refractivity contribution in [1.82, 2.24) is 4.90 Å². The number of carbonyl (C=O) groups excluding carboxylic acids is 2. The third-order valence-electron chi connectivity index (χ3n) is 3.50. The van der Waals surface area contributed by atoms with Crippen LogP contribution in [0.2, 0.25) is 0 Å². The highest BCUT2D eigenvalue weighted by Gasteiger charge is 2.51. The van der Waals surface area contributed by atoms with Crippen molar-refractivity contribution in [3.63, 3.8) is 0 Å². The number of aliphatic hydroxyl groups is 1. The Kier molecular flexibility index (Phi) is 2.15. The fourth-order valence-electron chi connectivity index (χ4n) is 2.07. The summed E-state index contributed by atoms with van der Waals surface area (Å²) in [5.41, 5.74) is -0.728. The lowest BCUT2D eigenvalue weighted by Gasteiger charge is -2.22. The van der Waals surface area contributed by atoms with Gasteiger partial charge >= 0.3 is 0 Å². The van der Waals surface area contributed by atoms with Gasteiger partial charge in [0.2, 0.25) is 11.8 Å². The van der Waals surface area contributed by atoms with Crippen molar-refractivity contribution in [2.45, 2.75) is 33.1 Å². The van der Waals surface area contributed by atoms with Crippen LogP contribution in [0.1, 0.15) is 33.1 Å². The summed E-state index contributed by atoms with van der Waals surface area (Å²) >= 11 is 0. The molecule has 0 aromatic rings. The molecule has 2 rings (SSSR count). The van der Waals surface area contributed by atoms with Crippen molar-refractivity contribution in [3.05, 3.63) is 0 Å². The molecular weight excluding hydrogens is 194 g/mol. The van der Waals surface area contributed by atoms with Gasteiger partial charge in [-0.3, -0.25) is 14.5 Å². The van der Waals surface area contributed by atoms with Crippen LogP contribution < -0.4 is 0 Å². The minimum Gasteiger partial charge on any atom is -0.396 e. The molecule has 0 aromatic heterocycles. The maximum absolute atomic E-state index is 11.9. The van der Waals surface area contributed by atoms with Crippen LogP contribution in [0.25, 0.3) is 0 Å². The van der Waals surface area contributed by atoms with Gasteiger partial charge in [0.15, 0.2) is 0 Å². The van der Waals surface area contributed by atoms with E-state index in [-0.39, 0.29) is 23.8 Å². The number of hydrogen-bond donors (Lipinski definition) is 1. The van der Waals surface area contributed by atoms with Gasteiger partial charge in [0, 0.05) is 18.4 Å². The molecule has 1 saturated carbocycles. The van der Waals surface area contributed by atoms with Gasteiger partial charge in [-0.05, 0) is 12.8 Å². The van der Waals surface area contributed by atoms with Crippen molar-refractivity contribution >= 4 is 11.8 Å². The van der Waals surface area contributed by atoms with Gasteiger partial charge in [-0.1, -0.05) is 13.8 Å². The SMILES string of the molecule is CC1(C)CC(=O)N(CC2(CO)CC2)C1=O. The molecule has 1 saturated heterocycles. The third-order valence-corrected chi connectivity index (χ3v) is 3.50. The van der Waals surface area contributed by atoms with Crippen molar-refractivity contribution in [1.29, 1.82) is 0 Å². The summed E-state index contributed by atoms with van der Waals surface area (Å²) in [4.78, 5) is 24.9. The first-order valence-corrected chi connectivity index (χ1v) is 5.36. The molecule has 1 aliphatic heterocycles. The number of rotatable bonds is 3. The van der Waals surface area contributed by atoms with Crippen LogP contribution in [0.5, 0.6) is 0 Å². The minimum atomic E-state index is -0.553. The van der Waals surface area contributed by atoms with Crippen LogP contribution in [0.4, 0.5) is 0 Å². The van der Waals surface area contributed by atoms with Gasteiger partial charge in [0.1, 0.15) is 0 Å². The second kappa shape index (κ2) is 3.04. The molecule has 1 aliphatic carbocycles. The Morgan fingerprint density at radius 2 is 1.93 bits per heavy atom. The highest BCUT2D eigenvalue weighted by Crippen LogP contribution is 2.47. The predicted octanol–water partition coefficient (Wildman–Crippen LogP) is 0.544. The number of hydrogen-bond acceptors (Lipinski definition) is 3. The fraction of sp³-hybridized carbons (Fsp3) is 0.818. The number of nitrogens with zero attached hydrogens (tertiary/aromatic N) is 1. The van der Waals surface area contributed by atoms with E-state index in [1.165, 1.54) is 4.90 Å². The lowest BCUT2D eigenvalue weighted by molar-refractivity contribution is -0.142. The molecule has 0 aromatic carbocycles. The summed E-state index contributed by atoms with van der Waals surface area (Å²) in [6, 6.07) is 0. The van der Waals surface area contributed by atoms with Crippen LogP contribution in [0, 0.1) is 10.8 Å². The predicted molar refractivity (Wildman–Crippen MR) is 53.9 cm³/mol. The Labute approximate surface area is 89.3 Å². The highest BCUT2D eigenvalue weighted by atomic mass is 16.3. The van der Waals surface area contributed by atoms with Gasteiger partial charge in [0.25, 0.3) is 0 Å². The number of aliphatic hydroxyl groups excluding tert-OH is 1. The Hall–Kier alpha value is -0.900. The lowest BCUT2D eigenvalue weighted by atomic mass is 9.92. The Morgan fingerprint density at radius 1 is 1.33 bits per heavy atom. The summed E-state index contributed by atoms with van der Waals surface area (Å²) in [5, 5.41) is 9.17. The van der Waals surface area contributed by atoms with Gasteiger partial charge in [-0.2, -0.15) is 0 Å². The summed E-state index contributed by atoms with van der Waals surface area (Å²) < 4.78 is 0. The van der Waals surface area contributed by atoms with E-state index in [9.17, 15) is 14.7 Å². The highest BCUT2D eigenvalue weighted by molar-refractivity contribution is 6.05. The van der Waals surface area contributed by atoms with E-state index in [0.717, 1.165) is 12.8 Å². The van der Waals surface area contributed by atoms with E-state index in [0.29, 0.717) is 13.0 Å². The second-order valence-corrected chi connectivity index (χ2v) is 5.50. The normalized spacial score (nSPS) is 27.3. The molecule has 4 heteroatoms. The first kappa shape index (κ1) is 10.6. The van der Waals surface area contributed by atoms with E-state index in [4.69, 9.17) is 0 Å². The van der Waals surface area contributed by atoms with Gasteiger partial charge < -0.3 is 5.11 Å². The molecule has 0 unspecified atom stereocenters. The van der Waals surface area contributed by atoms with Crippen LogP contribution in [0.3, 0.4) is 0 Å². The largest absolute Gasteiger partial charge is 0.396 e. The summed E-state index contributed by atoms with van der Waals surface area (Å²) in [6.07, 6.45) is 2.13. The Morgan fingerprint density at radius 3 is 2.27 bits per heavy atom. The smallest absolute Gasteiger partial charge is 0.235 e. The fourth-order valence-corrected chi connectivity index (χ4v) is 2.07. The Bertz CT molecular complexity index is 318. The Balaban J connectivity index is 2.10. The number of carbonyl (C=O) groups is 2. The summed E-state index contributed by atoms with van der Waals surface area (Å²) in [5.74, 6) is -0.183. The number of likely N-dealkylation sites (tertiary alicyclic amines) is 1. The molecular formula is C11H17NO3. The van der Waals surface area contributed by atoms with Crippen LogP contribution >= 0.6 is 0 Å². The molecule has 0 spiro atoms. The quantitative estimate of drug-likeness (QED) is 0.693. The monoisotopic (exact) mass is 211 g/mol. The standard InChI is InChI=1S/C11H17NO3/c1-10(2)5-8(14)12(9(10)15)6-11(7-13)3-4-11/h13H,3-7H2,1-2H3. The molecule has 84 valence electrons. The van der Waals surface area contributed by atoms with Crippen molar-refractivity contribution < 1.29 is 14.7 Å². The van der Waals surface area contributed by atoms with Crippen molar-refractivity contribution in [2.75, 3.05) is 13.2 Å². The van der Waals surface area contributed by atoms with Crippen molar-refractivity contribution in [3.8, 4) is 0 Å². The lowest BCUT2D eigenvalue weighted by Crippen LogP contribution is -2.38. The molecule has 2 aliphatic rings. The average molecular weight is 211 g/mol. The summed E-state index contributed by atoms with van der Waals surface area (Å²) in [6.45, 7) is 4.08. The zero-order valence-electron chi connectivity index (χ0n) is 9.25. The van der Waals surface area contributed by atoms with Crippen LogP contribution in [-0.4, -0.2) is 35.0 Å². The third kappa shape index (κ3) is 1.67. The van der Waals surface area contributed by atoms with Gasteiger partial charge in [-0.15, -0.1) is 0 Å². The minimum absolute atomic E-state index is 0.0739. The van der Waals surface area contributed by atoms with Crippen LogP contribution in [0.15, 0.2) is 0 Å². The van der Waals surface area contributed by atoms with Gasteiger partial charge in [-0.25, -0.2) is 0 Å². The van der Waals surface area contributed by atoms with Crippen molar-refractivity contribution in [2.24, 2.45) is 10.8 Å². The molecule has 2 amide bonds. The molecule has 0 bridgehead atoms. The van der Waals surface area contributed by atoms with E-state index in [1.807, 2.05) is 0 Å². The van der Waals surface area contributed by atoms with Crippen LogP contribution in [-0.2, 0) is 9.59 Å². The molecule has 0 atom stereocenters. The zero-order valence-corrected chi connectivity index (χ0v) is 9.25. The molecule has 4 nitrogen and oxygen atoms in total. The molecule has 0 radical (unpaired) electrons. The van der Waals surface area contributed by atoms with E-state index >= 15 is 0 Å². The first-order valence-electron chi connectivity index (χ1n) is 5.36. The molecule has 1 heterocycles. The molecule has 1 N–H and O–H groups in total. The number of amides is 2. The summed E-state index contributed by atoms with van der Waals surface area (Å²) in [7, 11) is 0. The van der Waals surface area contributed by atoms with E-state index in [1.54, 1.807) is 13.8 Å². The topological polar surface area (TPSA) is 57.6 Å². The zero-order chi connectivity index (χ0) is 11.3. The molecule has 15 heavy (non-hydrogen) atoms. The first-order chi connectivity index (χ1) is 6.90. The van der Waals surface area contributed by atoms with E-state index < -0.39 is 5.41 Å².